The third-order valence-electron chi connectivity index (χ3n) is 4.59. The van der Waals surface area contributed by atoms with Crippen molar-refractivity contribution in [3.63, 3.8) is 0 Å². The first kappa shape index (κ1) is 23.1. The second kappa shape index (κ2) is 9.06. The van der Waals surface area contributed by atoms with Crippen LogP contribution in [0.25, 0.3) is 5.65 Å². The molecule has 176 valence electrons. The van der Waals surface area contributed by atoms with Gasteiger partial charge in [0, 0.05) is 18.5 Å². The maximum atomic E-state index is 13.0. The number of fused-ring (bicyclic) bond motifs is 1. The second-order valence-electron chi connectivity index (χ2n) is 6.89. The molecule has 0 saturated carbocycles. The van der Waals surface area contributed by atoms with Crippen molar-refractivity contribution in [2.45, 2.75) is 12.7 Å². The Labute approximate surface area is 194 Å². The fraction of sp³-hybridized carbons (Fsp3) is 0.143. The van der Waals surface area contributed by atoms with E-state index in [0.717, 1.165) is 21.2 Å². The summed E-state index contributed by atoms with van der Waals surface area (Å²) in [6.45, 7) is -0.592. The third-order valence-corrected chi connectivity index (χ3v) is 4.92. The van der Waals surface area contributed by atoms with E-state index in [2.05, 4.69) is 15.4 Å². The van der Waals surface area contributed by atoms with E-state index in [-0.39, 0.29) is 22.2 Å². The molecule has 0 aliphatic carbocycles. The number of anilines is 1. The highest BCUT2D eigenvalue weighted by molar-refractivity contribution is 6.33. The van der Waals surface area contributed by atoms with E-state index in [1.165, 1.54) is 19.5 Å². The van der Waals surface area contributed by atoms with Gasteiger partial charge >= 0.3 is 11.9 Å². The minimum atomic E-state index is -4.62. The Bertz CT molecular complexity index is 1430. The summed E-state index contributed by atoms with van der Waals surface area (Å²) >= 11 is 5.90. The summed E-state index contributed by atoms with van der Waals surface area (Å²) in [5.74, 6) is 0.0964. The number of hydrogen-bond acceptors (Lipinski definition) is 6. The summed E-state index contributed by atoms with van der Waals surface area (Å²) in [5.41, 5.74) is -1.89. The predicted octanol–water partition coefficient (Wildman–Crippen LogP) is 4.00. The molecule has 0 aliphatic heterocycles. The van der Waals surface area contributed by atoms with E-state index >= 15 is 0 Å². The molecule has 2 aromatic carbocycles. The van der Waals surface area contributed by atoms with Crippen molar-refractivity contribution in [3.8, 4) is 17.4 Å². The third kappa shape index (κ3) is 4.81. The van der Waals surface area contributed by atoms with E-state index in [1.54, 1.807) is 24.3 Å². The van der Waals surface area contributed by atoms with Crippen molar-refractivity contribution in [1.29, 1.82) is 0 Å². The van der Waals surface area contributed by atoms with Gasteiger partial charge in [-0.1, -0.05) is 17.7 Å². The predicted molar refractivity (Wildman–Crippen MR) is 115 cm³/mol. The Hall–Kier alpha value is -4.06. The van der Waals surface area contributed by atoms with Gasteiger partial charge in [0.2, 0.25) is 11.6 Å². The lowest BCUT2D eigenvalue weighted by Gasteiger charge is -2.11. The monoisotopic (exact) mass is 493 g/mol. The van der Waals surface area contributed by atoms with Crippen LogP contribution in [0.2, 0.25) is 5.02 Å². The quantitative estimate of drug-likeness (QED) is 0.436. The van der Waals surface area contributed by atoms with Crippen LogP contribution >= 0.6 is 11.6 Å². The number of benzene rings is 2. The van der Waals surface area contributed by atoms with Crippen LogP contribution in [0, 0.1) is 0 Å². The summed E-state index contributed by atoms with van der Waals surface area (Å²) < 4.78 is 51.7. The van der Waals surface area contributed by atoms with Crippen LogP contribution in [-0.4, -0.2) is 32.2 Å². The van der Waals surface area contributed by atoms with Crippen LogP contribution in [0.15, 0.2) is 59.7 Å². The number of nitrogens with zero attached hydrogens (tertiary/aromatic N) is 4. The SMILES string of the molecule is COc1cccc(Oc2nccn3c(=O)n(CC(=O)Nc4cc(C(F)(F)F)ccc4Cl)nc23)c1. The van der Waals surface area contributed by atoms with Crippen LogP contribution < -0.4 is 20.5 Å². The van der Waals surface area contributed by atoms with Gasteiger partial charge in [-0.3, -0.25) is 4.79 Å². The molecule has 0 atom stereocenters. The van der Waals surface area contributed by atoms with Crippen LogP contribution in [0.3, 0.4) is 0 Å². The number of carbonyl (C=O) groups is 1. The Morgan fingerprint density at radius 3 is 2.68 bits per heavy atom. The lowest BCUT2D eigenvalue weighted by atomic mass is 10.2. The minimum Gasteiger partial charge on any atom is -0.497 e. The summed E-state index contributed by atoms with van der Waals surface area (Å²) in [4.78, 5) is 29.2. The summed E-state index contributed by atoms with van der Waals surface area (Å²) in [7, 11) is 1.50. The Kier molecular flexibility index (Phi) is 6.16. The van der Waals surface area contributed by atoms with Crippen molar-refractivity contribution in [3.05, 3.63) is 75.9 Å². The zero-order chi connectivity index (χ0) is 24.5. The van der Waals surface area contributed by atoms with Crippen LogP contribution in [0.4, 0.5) is 18.9 Å². The fourth-order valence-electron chi connectivity index (χ4n) is 3.00. The molecule has 1 amide bonds. The molecule has 34 heavy (non-hydrogen) atoms. The van der Waals surface area contributed by atoms with Gasteiger partial charge in [0.05, 0.1) is 23.4 Å². The minimum absolute atomic E-state index is 0.00654. The average Bonchev–Trinajstić information content (AvgIpc) is 3.11. The number of alkyl halides is 3. The van der Waals surface area contributed by atoms with Gasteiger partial charge in [0.25, 0.3) is 5.88 Å². The molecule has 0 saturated heterocycles. The van der Waals surface area contributed by atoms with Gasteiger partial charge in [-0.05, 0) is 30.3 Å². The lowest BCUT2D eigenvalue weighted by molar-refractivity contribution is -0.137. The summed E-state index contributed by atoms with van der Waals surface area (Å²) in [5, 5.41) is 6.26. The Morgan fingerprint density at radius 2 is 1.94 bits per heavy atom. The highest BCUT2D eigenvalue weighted by Gasteiger charge is 2.31. The van der Waals surface area contributed by atoms with Gasteiger partial charge in [-0.25, -0.2) is 18.9 Å². The van der Waals surface area contributed by atoms with Gasteiger partial charge in [-0.2, -0.15) is 13.2 Å². The van der Waals surface area contributed by atoms with Crippen LogP contribution in [0.1, 0.15) is 5.56 Å². The molecule has 0 radical (unpaired) electrons. The zero-order valence-electron chi connectivity index (χ0n) is 17.3. The highest BCUT2D eigenvalue weighted by Crippen LogP contribution is 2.33. The number of rotatable bonds is 6. The first-order valence-electron chi connectivity index (χ1n) is 9.58. The van der Waals surface area contributed by atoms with E-state index in [9.17, 15) is 22.8 Å². The zero-order valence-corrected chi connectivity index (χ0v) is 18.1. The first-order valence-corrected chi connectivity index (χ1v) is 9.96. The molecule has 13 heteroatoms. The molecular formula is C21H15ClF3N5O4. The van der Waals surface area contributed by atoms with Crippen molar-refractivity contribution in [1.82, 2.24) is 19.2 Å². The molecule has 1 N–H and O–H groups in total. The maximum absolute atomic E-state index is 13.0. The van der Waals surface area contributed by atoms with Gasteiger partial charge in [0.15, 0.2) is 0 Å². The fourth-order valence-corrected chi connectivity index (χ4v) is 3.17. The van der Waals surface area contributed by atoms with Crippen molar-refractivity contribution >= 4 is 28.8 Å². The van der Waals surface area contributed by atoms with E-state index in [1.807, 2.05) is 0 Å². The number of carbonyl (C=O) groups excluding carboxylic acids is 1. The second-order valence-corrected chi connectivity index (χ2v) is 7.30. The number of aromatic nitrogens is 4. The standard InChI is InChI=1S/C21H15ClF3N5O4/c1-33-13-3-2-4-14(10-13)34-19-18-28-30(20(32)29(18)8-7-26-19)11-17(31)27-16-9-12(21(23,24)25)5-6-15(16)22/h2-10H,11H2,1H3,(H,27,31). The number of halogens is 4. The number of ether oxygens (including phenoxy) is 2. The van der Waals surface area contributed by atoms with Crippen LogP contribution in [0.5, 0.6) is 17.4 Å². The molecule has 9 nitrogen and oxygen atoms in total. The van der Waals surface area contributed by atoms with Gasteiger partial charge in [-0.15, -0.1) is 5.10 Å². The number of amides is 1. The number of nitrogens with one attached hydrogen (secondary N) is 1. The molecule has 2 heterocycles. The lowest BCUT2D eigenvalue weighted by Crippen LogP contribution is -2.28. The molecule has 0 unspecified atom stereocenters. The molecule has 0 spiro atoms. The first-order chi connectivity index (χ1) is 16.2. The Morgan fingerprint density at radius 1 is 1.18 bits per heavy atom. The molecule has 0 bridgehead atoms. The molecule has 4 aromatic rings. The largest absolute Gasteiger partial charge is 0.497 e. The molecule has 2 aromatic heterocycles. The van der Waals surface area contributed by atoms with Crippen molar-refractivity contribution in [2.24, 2.45) is 0 Å². The molecule has 0 aliphatic rings. The highest BCUT2D eigenvalue weighted by atomic mass is 35.5. The van der Waals surface area contributed by atoms with Gasteiger partial charge < -0.3 is 14.8 Å². The van der Waals surface area contributed by atoms with E-state index in [4.69, 9.17) is 21.1 Å². The topological polar surface area (TPSA) is 99.8 Å². The average molecular weight is 494 g/mol. The molecular weight excluding hydrogens is 479 g/mol. The normalized spacial score (nSPS) is 11.4. The smallest absolute Gasteiger partial charge is 0.416 e. The van der Waals surface area contributed by atoms with Crippen molar-refractivity contribution in [2.75, 3.05) is 12.4 Å². The summed E-state index contributed by atoms with van der Waals surface area (Å²) in [6.07, 6.45) is -1.96. The van der Waals surface area contributed by atoms with E-state index < -0.39 is 29.9 Å². The van der Waals surface area contributed by atoms with Crippen molar-refractivity contribution < 1.29 is 27.4 Å². The Balaban J connectivity index is 1.58. The summed E-state index contributed by atoms with van der Waals surface area (Å²) in [6, 6.07) is 9.18. The number of methoxy groups -OCH3 is 1. The number of hydrogen-bond donors (Lipinski definition) is 1. The molecule has 0 fully saturated rings. The van der Waals surface area contributed by atoms with Gasteiger partial charge in [0.1, 0.15) is 18.0 Å². The van der Waals surface area contributed by atoms with Crippen LogP contribution in [-0.2, 0) is 17.5 Å². The maximum Gasteiger partial charge on any atom is 0.416 e. The van der Waals surface area contributed by atoms with E-state index in [0.29, 0.717) is 17.6 Å². The molecule has 4 rings (SSSR count).